The summed E-state index contributed by atoms with van der Waals surface area (Å²) in [6.45, 7) is 8.62. The summed E-state index contributed by atoms with van der Waals surface area (Å²) >= 11 is 8.08. The van der Waals surface area contributed by atoms with E-state index in [1.54, 1.807) is 0 Å². The Balaban J connectivity index is 2.07. The molecule has 0 fully saturated rings. The summed E-state index contributed by atoms with van der Waals surface area (Å²) < 4.78 is 0. The van der Waals surface area contributed by atoms with Crippen LogP contribution in [0.2, 0.25) is 0 Å². The first kappa shape index (κ1) is 14.0. The van der Waals surface area contributed by atoms with Crippen LogP contribution in [-0.2, 0) is 6.42 Å². The van der Waals surface area contributed by atoms with Gasteiger partial charge in [0.15, 0.2) is 0 Å². The van der Waals surface area contributed by atoms with Crippen molar-refractivity contribution in [3.63, 3.8) is 0 Å². The molecule has 0 saturated heterocycles. The first-order chi connectivity index (χ1) is 7.47. The van der Waals surface area contributed by atoms with Crippen LogP contribution in [0.15, 0.2) is 17.5 Å². The molecule has 1 aromatic rings. The number of rotatable bonds is 6. The summed E-state index contributed by atoms with van der Waals surface area (Å²) in [5, 5.41) is 5.78. The molecular weight excluding hydrogens is 238 g/mol. The summed E-state index contributed by atoms with van der Waals surface area (Å²) in [6.07, 6.45) is 2.16. The van der Waals surface area contributed by atoms with Gasteiger partial charge in [-0.3, -0.25) is 0 Å². The smallest absolute Gasteiger partial charge is 0.0465 e. The van der Waals surface area contributed by atoms with Crippen LogP contribution in [0.1, 0.15) is 32.1 Å². The predicted octanol–water partition coefficient (Wildman–Crippen LogP) is 3.92. The van der Waals surface area contributed by atoms with Gasteiger partial charge in [-0.1, -0.05) is 26.8 Å². The highest BCUT2D eigenvalue weighted by molar-refractivity contribution is 7.09. The van der Waals surface area contributed by atoms with Crippen LogP contribution < -0.4 is 5.32 Å². The third kappa shape index (κ3) is 6.51. The minimum absolute atomic E-state index is 0.239. The zero-order valence-corrected chi connectivity index (χ0v) is 12.0. The van der Waals surface area contributed by atoms with Gasteiger partial charge in [0.05, 0.1) is 0 Å². The van der Waals surface area contributed by atoms with Gasteiger partial charge < -0.3 is 5.32 Å². The summed E-state index contributed by atoms with van der Waals surface area (Å²) in [4.78, 5) is 1.44. The van der Waals surface area contributed by atoms with E-state index in [1.165, 1.54) is 4.88 Å². The van der Waals surface area contributed by atoms with Crippen molar-refractivity contribution in [2.75, 3.05) is 13.1 Å². The highest BCUT2D eigenvalue weighted by Crippen LogP contribution is 2.23. The SMILES string of the molecule is CC(C)(C)CC(Cl)CNCCc1cccs1. The molecule has 0 spiro atoms. The number of hydrogen-bond acceptors (Lipinski definition) is 2. The number of hydrogen-bond donors (Lipinski definition) is 1. The molecular formula is C13H22ClNS. The fourth-order valence-electron chi connectivity index (χ4n) is 1.66. The quantitative estimate of drug-likeness (QED) is 0.603. The van der Waals surface area contributed by atoms with Crippen LogP contribution in [0.3, 0.4) is 0 Å². The van der Waals surface area contributed by atoms with Crippen molar-refractivity contribution in [2.45, 2.75) is 39.0 Å². The Morgan fingerprint density at radius 3 is 2.75 bits per heavy atom. The second kappa shape index (κ2) is 6.63. The normalized spacial score (nSPS) is 14.0. The van der Waals surface area contributed by atoms with Crippen molar-refractivity contribution >= 4 is 22.9 Å². The lowest BCUT2D eigenvalue weighted by Crippen LogP contribution is -2.28. The number of alkyl halides is 1. The minimum Gasteiger partial charge on any atom is -0.315 e. The maximum atomic E-state index is 6.27. The summed E-state index contributed by atoms with van der Waals surface area (Å²) in [7, 11) is 0. The molecule has 0 saturated carbocycles. The second-order valence-corrected chi connectivity index (χ2v) is 7.05. The molecule has 0 aliphatic carbocycles. The summed E-state index contributed by atoms with van der Waals surface area (Å²) in [6, 6.07) is 4.28. The van der Waals surface area contributed by atoms with Gasteiger partial charge in [0.25, 0.3) is 0 Å². The van der Waals surface area contributed by atoms with E-state index in [4.69, 9.17) is 11.6 Å². The molecule has 0 radical (unpaired) electrons. The lowest BCUT2D eigenvalue weighted by molar-refractivity contribution is 0.365. The average Bonchev–Trinajstić information content (AvgIpc) is 2.62. The van der Waals surface area contributed by atoms with Gasteiger partial charge in [-0.2, -0.15) is 0 Å². The number of halogens is 1. The van der Waals surface area contributed by atoms with Gasteiger partial charge in [0, 0.05) is 23.3 Å². The van der Waals surface area contributed by atoms with Crippen LogP contribution in [0.5, 0.6) is 0 Å². The molecule has 0 amide bonds. The van der Waals surface area contributed by atoms with Crippen molar-refractivity contribution in [2.24, 2.45) is 5.41 Å². The molecule has 92 valence electrons. The first-order valence-electron chi connectivity index (χ1n) is 5.84. The molecule has 0 bridgehead atoms. The average molecular weight is 260 g/mol. The van der Waals surface area contributed by atoms with E-state index >= 15 is 0 Å². The maximum absolute atomic E-state index is 6.27. The molecule has 0 aromatic carbocycles. The third-order valence-electron chi connectivity index (χ3n) is 2.33. The molecule has 1 nitrogen and oxygen atoms in total. The fourth-order valence-corrected chi connectivity index (χ4v) is 2.94. The topological polar surface area (TPSA) is 12.0 Å². The van der Waals surface area contributed by atoms with Crippen molar-refractivity contribution in [3.8, 4) is 0 Å². The van der Waals surface area contributed by atoms with Crippen molar-refractivity contribution in [1.29, 1.82) is 0 Å². The van der Waals surface area contributed by atoms with Gasteiger partial charge in [0.1, 0.15) is 0 Å². The van der Waals surface area contributed by atoms with Gasteiger partial charge in [-0.15, -0.1) is 22.9 Å². The lowest BCUT2D eigenvalue weighted by atomic mass is 9.90. The van der Waals surface area contributed by atoms with E-state index in [-0.39, 0.29) is 5.38 Å². The van der Waals surface area contributed by atoms with Crippen molar-refractivity contribution in [1.82, 2.24) is 5.32 Å². The Bertz CT molecular complexity index is 277. The second-order valence-electron chi connectivity index (χ2n) is 5.40. The van der Waals surface area contributed by atoms with Crippen LogP contribution >= 0.6 is 22.9 Å². The first-order valence-corrected chi connectivity index (χ1v) is 7.16. The van der Waals surface area contributed by atoms with E-state index in [0.717, 1.165) is 25.9 Å². The van der Waals surface area contributed by atoms with Crippen LogP contribution in [0.4, 0.5) is 0 Å². The molecule has 16 heavy (non-hydrogen) atoms. The zero-order valence-electron chi connectivity index (χ0n) is 10.4. The summed E-state index contributed by atoms with van der Waals surface area (Å²) in [5.41, 5.74) is 0.321. The molecule has 3 heteroatoms. The Kier molecular flexibility index (Phi) is 5.81. The van der Waals surface area contributed by atoms with E-state index in [2.05, 4.69) is 43.6 Å². The van der Waals surface area contributed by atoms with Crippen molar-refractivity contribution < 1.29 is 0 Å². The Labute approximate surface area is 108 Å². The van der Waals surface area contributed by atoms with Gasteiger partial charge in [0.2, 0.25) is 0 Å². The summed E-state index contributed by atoms with van der Waals surface area (Å²) in [5.74, 6) is 0. The van der Waals surface area contributed by atoms with Crippen LogP contribution in [-0.4, -0.2) is 18.5 Å². The van der Waals surface area contributed by atoms with E-state index < -0.39 is 0 Å². The van der Waals surface area contributed by atoms with E-state index in [9.17, 15) is 0 Å². The van der Waals surface area contributed by atoms with Crippen molar-refractivity contribution in [3.05, 3.63) is 22.4 Å². The molecule has 1 heterocycles. The maximum Gasteiger partial charge on any atom is 0.0465 e. The molecule has 0 aliphatic heterocycles. The lowest BCUT2D eigenvalue weighted by Gasteiger charge is -2.21. The molecule has 1 atom stereocenters. The molecule has 1 rings (SSSR count). The Morgan fingerprint density at radius 1 is 1.44 bits per heavy atom. The highest BCUT2D eigenvalue weighted by atomic mass is 35.5. The Hall–Kier alpha value is -0.0500. The predicted molar refractivity (Wildman–Crippen MR) is 74.6 cm³/mol. The third-order valence-corrected chi connectivity index (χ3v) is 3.57. The van der Waals surface area contributed by atoms with E-state index in [0.29, 0.717) is 5.41 Å². The van der Waals surface area contributed by atoms with Gasteiger partial charge in [-0.05, 0) is 29.7 Å². The molecule has 1 unspecified atom stereocenters. The van der Waals surface area contributed by atoms with Crippen LogP contribution in [0, 0.1) is 5.41 Å². The number of nitrogens with one attached hydrogen (secondary N) is 1. The van der Waals surface area contributed by atoms with Gasteiger partial charge >= 0.3 is 0 Å². The number of thiophene rings is 1. The molecule has 1 aromatic heterocycles. The molecule has 0 aliphatic rings. The van der Waals surface area contributed by atoms with E-state index in [1.807, 2.05) is 11.3 Å². The highest BCUT2D eigenvalue weighted by Gasteiger charge is 2.16. The zero-order chi connectivity index (χ0) is 12.0. The van der Waals surface area contributed by atoms with Crippen LogP contribution in [0.25, 0.3) is 0 Å². The molecule has 1 N–H and O–H groups in total. The Morgan fingerprint density at radius 2 is 2.19 bits per heavy atom. The minimum atomic E-state index is 0.239. The largest absolute Gasteiger partial charge is 0.315 e. The van der Waals surface area contributed by atoms with Gasteiger partial charge in [-0.25, -0.2) is 0 Å². The fraction of sp³-hybridized carbons (Fsp3) is 0.692. The standard InChI is InChI=1S/C13H22ClNS/c1-13(2,3)9-11(14)10-15-7-6-12-5-4-8-16-12/h4-5,8,11,15H,6-7,9-10H2,1-3H3. The monoisotopic (exact) mass is 259 g/mol.